The van der Waals surface area contributed by atoms with Crippen LogP contribution < -0.4 is 9.80 Å². The zero-order chi connectivity index (χ0) is 16.4. The normalized spacial score (nSPS) is 21.3. The predicted octanol–water partition coefficient (Wildman–Crippen LogP) is 1.75. The average molecular weight is 326 g/mol. The third-order valence-corrected chi connectivity index (χ3v) is 4.54. The highest BCUT2D eigenvalue weighted by molar-refractivity contribution is 5.42. The zero-order valence-electron chi connectivity index (χ0n) is 13.9. The highest BCUT2D eigenvalue weighted by Gasteiger charge is 2.26. The van der Waals surface area contributed by atoms with Gasteiger partial charge < -0.3 is 14.5 Å². The van der Waals surface area contributed by atoms with Crippen LogP contribution in [0.3, 0.4) is 0 Å². The number of ether oxygens (including phenoxy) is 1. The van der Waals surface area contributed by atoms with Crippen molar-refractivity contribution in [2.75, 3.05) is 42.6 Å². The first-order valence-electron chi connectivity index (χ1n) is 8.53. The van der Waals surface area contributed by atoms with Gasteiger partial charge in [-0.1, -0.05) is 0 Å². The number of aromatic nitrogens is 4. The van der Waals surface area contributed by atoms with E-state index < -0.39 is 0 Å². The molecular weight excluding hydrogens is 304 g/mol. The third kappa shape index (κ3) is 3.17. The Kier molecular flexibility index (Phi) is 4.25. The van der Waals surface area contributed by atoms with Crippen LogP contribution in [0.15, 0.2) is 24.7 Å². The molecule has 1 atom stereocenters. The first-order chi connectivity index (χ1) is 11.8. The molecule has 4 heterocycles. The fourth-order valence-corrected chi connectivity index (χ4v) is 3.34. The van der Waals surface area contributed by atoms with Gasteiger partial charge in [-0.25, -0.2) is 15.0 Å². The first kappa shape index (κ1) is 15.3. The van der Waals surface area contributed by atoms with E-state index in [1.807, 2.05) is 6.92 Å². The van der Waals surface area contributed by atoms with E-state index in [2.05, 4.69) is 35.8 Å². The Bertz CT molecular complexity index is 689. The van der Waals surface area contributed by atoms with Crippen LogP contribution in [0.2, 0.25) is 0 Å². The van der Waals surface area contributed by atoms with Gasteiger partial charge in [0.15, 0.2) is 0 Å². The summed E-state index contributed by atoms with van der Waals surface area (Å²) in [6, 6.07) is 2.09. The van der Waals surface area contributed by atoms with E-state index >= 15 is 0 Å². The summed E-state index contributed by atoms with van der Waals surface area (Å²) in [6.45, 7) is 6.31. The molecule has 0 aromatic carbocycles. The Balaban J connectivity index is 1.56. The quantitative estimate of drug-likeness (QED) is 0.851. The summed E-state index contributed by atoms with van der Waals surface area (Å²) < 4.78 is 5.99. The Morgan fingerprint density at radius 1 is 1.04 bits per heavy atom. The molecule has 0 saturated carbocycles. The summed E-state index contributed by atoms with van der Waals surface area (Å²) in [4.78, 5) is 22.3. The summed E-state index contributed by atoms with van der Waals surface area (Å²) >= 11 is 0. The second kappa shape index (κ2) is 6.68. The van der Waals surface area contributed by atoms with Crippen molar-refractivity contribution in [1.82, 2.24) is 19.9 Å². The molecule has 0 amide bonds. The number of anilines is 2. The molecule has 0 spiro atoms. The molecule has 2 aliphatic rings. The van der Waals surface area contributed by atoms with Gasteiger partial charge in [-0.05, 0) is 19.8 Å². The first-order valence-corrected chi connectivity index (χ1v) is 8.53. The standard InChI is InChI=1S/C17H22N6O/c1-13-20-14(10-16(21-13)22-6-2-3-7-22)15-12-23(8-9-24-15)17-11-18-4-5-19-17/h4-5,10-11,15H,2-3,6-9,12H2,1H3/t15-/m0/s1. The molecule has 2 saturated heterocycles. The lowest BCUT2D eigenvalue weighted by Crippen LogP contribution is -2.39. The van der Waals surface area contributed by atoms with Gasteiger partial charge >= 0.3 is 0 Å². The monoisotopic (exact) mass is 326 g/mol. The summed E-state index contributed by atoms with van der Waals surface area (Å²) in [6.07, 6.45) is 7.61. The van der Waals surface area contributed by atoms with Gasteiger partial charge in [0, 0.05) is 38.1 Å². The number of nitrogens with zero attached hydrogens (tertiary/aromatic N) is 6. The predicted molar refractivity (Wildman–Crippen MR) is 91.2 cm³/mol. The van der Waals surface area contributed by atoms with Crippen molar-refractivity contribution in [3.05, 3.63) is 36.2 Å². The molecule has 24 heavy (non-hydrogen) atoms. The summed E-state index contributed by atoms with van der Waals surface area (Å²) in [5.74, 6) is 2.71. The smallest absolute Gasteiger partial charge is 0.147 e. The van der Waals surface area contributed by atoms with E-state index in [0.717, 1.165) is 49.3 Å². The molecule has 2 fully saturated rings. The maximum Gasteiger partial charge on any atom is 0.147 e. The topological polar surface area (TPSA) is 67.3 Å². The van der Waals surface area contributed by atoms with Crippen LogP contribution in [-0.4, -0.2) is 52.7 Å². The molecule has 0 aliphatic carbocycles. The molecule has 4 rings (SSSR count). The fraction of sp³-hybridized carbons (Fsp3) is 0.529. The van der Waals surface area contributed by atoms with Crippen LogP contribution in [0, 0.1) is 6.92 Å². The van der Waals surface area contributed by atoms with Gasteiger partial charge in [0.2, 0.25) is 0 Å². The zero-order valence-corrected chi connectivity index (χ0v) is 13.9. The number of morpholine rings is 1. The SMILES string of the molecule is Cc1nc([C@@H]2CN(c3cnccn3)CCO2)cc(N2CCCC2)n1. The van der Waals surface area contributed by atoms with E-state index in [-0.39, 0.29) is 6.10 Å². The molecule has 2 aromatic heterocycles. The van der Waals surface area contributed by atoms with Crippen LogP contribution in [-0.2, 0) is 4.74 Å². The van der Waals surface area contributed by atoms with Crippen molar-refractivity contribution in [2.45, 2.75) is 25.9 Å². The lowest BCUT2D eigenvalue weighted by Gasteiger charge is -2.33. The maximum atomic E-state index is 5.99. The lowest BCUT2D eigenvalue weighted by molar-refractivity contribution is 0.0366. The Hall–Kier alpha value is -2.28. The van der Waals surface area contributed by atoms with E-state index in [9.17, 15) is 0 Å². The largest absolute Gasteiger partial charge is 0.368 e. The Morgan fingerprint density at radius 2 is 1.92 bits per heavy atom. The van der Waals surface area contributed by atoms with E-state index in [4.69, 9.17) is 4.74 Å². The summed E-state index contributed by atoms with van der Waals surface area (Å²) in [7, 11) is 0. The molecule has 0 unspecified atom stereocenters. The minimum Gasteiger partial charge on any atom is -0.368 e. The minimum absolute atomic E-state index is 0.0659. The van der Waals surface area contributed by atoms with Gasteiger partial charge in [0.25, 0.3) is 0 Å². The van der Waals surface area contributed by atoms with Gasteiger partial charge in [0.1, 0.15) is 23.6 Å². The van der Waals surface area contributed by atoms with Crippen molar-refractivity contribution < 1.29 is 4.74 Å². The van der Waals surface area contributed by atoms with E-state index in [1.165, 1.54) is 12.8 Å². The Labute approximate surface area is 141 Å². The molecule has 2 aliphatic heterocycles. The Morgan fingerprint density at radius 3 is 2.71 bits per heavy atom. The van der Waals surface area contributed by atoms with Crippen LogP contribution in [0.25, 0.3) is 0 Å². The number of hydrogen-bond acceptors (Lipinski definition) is 7. The maximum absolute atomic E-state index is 5.99. The van der Waals surface area contributed by atoms with E-state index in [1.54, 1.807) is 18.6 Å². The third-order valence-electron chi connectivity index (χ3n) is 4.54. The van der Waals surface area contributed by atoms with Crippen molar-refractivity contribution in [3.63, 3.8) is 0 Å². The lowest BCUT2D eigenvalue weighted by atomic mass is 10.2. The average Bonchev–Trinajstić information content (AvgIpc) is 3.17. The fourth-order valence-electron chi connectivity index (χ4n) is 3.34. The van der Waals surface area contributed by atoms with Crippen LogP contribution in [0.1, 0.15) is 30.5 Å². The van der Waals surface area contributed by atoms with Gasteiger partial charge in [-0.3, -0.25) is 4.98 Å². The van der Waals surface area contributed by atoms with Crippen molar-refractivity contribution >= 4 is 11.6 Å². The molecule has 7 nitrogen and oxygen atoms in total. The number of rotatable bonds is 3. The van der Waals surface area contributed by atoms with Crippen LogP contribution in [0.5, 0.6) is 0 Å². The van der Waals surface area contributed by atoms with Crippen molar-refractivity contribution in [3.8, 4) is 0 Å². The second-order valence-electron chi connectivity index (χ2n) is 6.26. The highest BCUT2D eigenvalue weighted by Crippen LogP contribution is 2.27. The molecular formula is C17H22N6O. The highest BCUT2D eigenvalue weighted by atomic mass is 16.5. The molecule has 7 heteroatoms. The van der Waals surface area contributed by atoms with E-state index in [0.29, 0.717) is 6.61 Å². The van der Waals surface area contributed by atoms with Gasteiger partial charge in [-0.2, -0.15) is 0 Å². The number of aryl methyl sites for hydroxylation is 1. The molecule has 0 N–H and O–H groups in total. The molecule has 2 aromatic rings. The van der Waals surface area contributed by atoms with Crippen molar-refractivity contribution in [1.29, 1.82) is 0 Å². The van der Waals surface area contributed by atoms with Gasteiger partial charge in [0.05, 0.1) is 25.0 Å². The van der Waals surface area contributed by atoms with Crippen LogP contribution >= 0.6 is 0 Å². The molecule has 0 bridgehead atoms. The summed E-state index contributed by atoms with van der Waals surface area (Å²) in [5.41, 5.74) is 0.956. The summed E-state index contributed by atoms with van der Waals surface area (Å²) in [5, 5.41) is 0. The second-order valence-corrected chi connectivity index (χ2v) is 6.26. The van der Waals surface area contributed by atoms with Crippen molar-refractivity contribution in [2.24, 2.45) is 0 Å². The molecule has 126 valence electrons. The minimum atomic E-state index is -0.0659. The number of hydrogen-bond donors (Lipinski definition) is 0. The molecule has 0 radical (unpaired) electrons. The van der Waals surface area contributed by atoms with Gasteiger partial charge in [-0.15, -0.1) is 0 Å². The van der Waals surface area contributed by atoms with Crippen LogP contribution in [0.4, 0.5) is 11.6 Å².